The van der Waals surface area contributed by atoms with Crippen molar-refractivity contribution >= 4 is 45.7 Å². The highest BCUT2D eigenvalue weighted by molar-refractivity contribution is 6.05. The molecule has 198 valence electrons. The molecule has 2 atom stereocenters. The molecule has 4 N–H and O–H groups in total. The van der Waals surface area contributed by atoms with E-state index in [4.69, 9.17) is 15.2 Å². The van der Waals surface area contributed by atoms with Crippen molar-refractivity contribution in [3.8, 4) is 0 Å². The van der Waals surface area contributed by atoms with Gasteiger partial charge in [0.1, 0.15) is 11.6 Å². The van der Waals surface area contributed by atoms with E-state index in [1.54, 1.807) is 24.3 Å². The van der Waals surface area contributed by atoms with Gasteiger partial charge in [-0.05, 0) is 47.9 Å². The van der Waals surface area contributed by atoms with E-state index in [2.05, 4.69) is 10.3 Å². The van der Waals surface area contributed by atoms with Gasteiger partial charge in [-0.1, -0.05) is 0 Å². The van der Waals surface area contributed by atoms with E-state index in [0.717, 1.165) is 11.5 Å². The van der Waals surface area contributed by atoms with Gasteiger partial charge in [-0.2, -0.15) is 0 Å². The number of amides is 3. The highest BCUT2D eigenvalue weighted by Crippen LogP contribution is 2.26. The maximum absolute atomic E-state index is 14.6. The van der Waals surface area contributed by atoms with Crippen molar-refractivity contribution in [3.63, 3.8) is 0 Å². The predicted octanol–water partition coefficient (Wildman–Crippen LogP) is 1.16. The summed E-state index contributed by atoms with van der Waals surface area (Å²) in [4.78, 5) is 45.7. The van der Waals surface area contributed by atoms with Gasteiger partial charge in [0.05, 0.1) is 25.4 Å². The Morgan fingerprint density at radius 2 is 1.89 bits per heavy atom. The fourth-order valence-electron chi connectivity index (χ4n) is 4.50. The summed E-state index contributed by atoms with van der Waals surface area (Å²) >= 11 is 0. The van der Waals surface area contributed by atoms with E-state index in [9.17, 15) is 23.9 Å². The van der Waals surface area contributed by atoms with Crippen molar-refractivity contribution < 1.29 is 33.4 Å². The highest BCUT2D eigenvalue weighted by atomic mass is 19.1. The highest BCUT2D eigenvalue weighted by Gasteiger charge is 2.39. The van der Waals surface area contributed by atoms with Gasteiger partial charge in [-0.3, -0.25) is 14.4 Å². The summed E-state index contributed by atoms with van der Waals surface area (Å²) in [6, 6.07) is 10.5. The minimum absolute atomic E-state index is 0.0210. The van der Waals surface area contributed by atoms with Crippen LogP contribution in [0.25, 0.3) is 10.8 Å². The Hall–Kier alpha value is -4.13. The molecule has 0 bridgehead atoms. The van der Waals surface area contributed by atoms with Crippen LogP contribution in [-0.2, 0) is 19.1 Å². The molecule has 0 aliphatic carbocycles. The number of halogens is 1. The third kappa shape index (κ3) is 5.01. The number of anilines is 3. The van der Waals surface area contributed by atoms with Crippen LogP contribution in [0.1, 0.15) is 10.4 Å². The minimum Gasteiger partial charge on any atom is -0.383 e. The van der Waals surface area contributed by atoms with Gasteiger partial charge in [0, 0.05) is 42.6 Å². The molecule has 12 heteroatoms. The first kappa shape index (κ1) is 25.5. The van der Waals surface area contributed by atoms with Gasteiger partial charge >= 0.3 is 0 Å². The van der Waals surface area contributed by atoms with Crippen LogP contribution in [0.2, 0.25) is 0 Å². The fraction of sp³-hybridized carbons (Fsp3) is 0.308. The second kappa shape index (κ2) is 10.7. The summed E-state index contributed by atoms with van der Waals surface area (Å²) in [5.41, 5.74) is 6.33. The lowest BCUT2D eigenvalue weighted by atomic mass is 10.1. The molecule has 3 amide bonds. The zero-order chi connectivity index (χ0) is 26.8. The lowest BCUT2D eigenvalue weighted by Crippen LogP contribution is -2.55. The van der Waals surface area contributed by atoms with Crippen molar-refractivity contribution in [2.75, 3.05) is 55.4 Å². The third-order valence-electron chi connectivity index (χ3n) is 6.53. The van der Waals surface area contributed by atoms with Crippen molar-refractivity contribution in [2.24, 2.45) is 0 Å². The number of fused-ring (bicyclic) bond motifs is 1. The molecule has 0 radical (unpaired) electrons. The van der Waals surface area contributed by atoms with E-state index in [1.807, 2.05) is 0 Å². The largest absolute Gasteiger partial charge is 0.383 e. The molecule has 0 spiro atoms. The molecule has 11 nitrogen and oxygen atoms in total. The number of aromatic nitrogens is 1. The predicted molar refractivity (Wildman–Crippen MR) is 136 cm³/mol. The molecule has 0 saturated carbocycles. The molecule has 3 aromatic rings. The first-order valence-corrected chi connectivity index (χ1v) is 12.1. The Kier molecular flexibility index (Phi) is 7.18. The standard InChI is InChI=1S/C26H26FN5O6/c27-20-4-2-17(14-19(20)25(35)31-7-10-37-11-8-31)32-9-12-38-22(26(32)36)21(33)24(34)30-16-1-3-18-15(13-16)5-6-29-23(18)28/h1-6,13-14,21-22,33H,7-12H2,(H2,28,29)(H,30,34)/t21-,22-/m1/s1. The van der Waals surface area contributed by atoms with E-state index in [1.165, 1.54) is 28.1 Å². The van der Waals surface area contributed by atoms with Crippen molar-refractivity contribution in [1.82, 2.24) is 9.88 Å². The maximum atomic E-state index is 14.6. The minimum atomic E-state index is -1.82. The average Bonchev–Trinajstić information content (AvgIpc) is 2.93. The van der Waals surface area contributed by atoms with Crippen LogP contribution >= 0.6 is 0 Å². The van der Waals surface area contributed by atoms with Crippen molar-refractivity contribution in [3.05, 3.63) is 60.0 Å². The Morgan fingerprint density at radius 3 is 2.68 bits per heavy atom. The number of carbonyl (C=O) groups is 3. The normalized spacial score (nSPS) is 18.9. The van der Waals surface area contributed by atoms with Crippen molar-refractivity contribution in [2.45, 2.75) is 12.2 Å². The van der Waals surface area contributed by atoms with Crippen LogP contribution in [0.5, 0.6) is 0 Å². The topological polar surface area (TPSA) is 147 Å². The van der Waals surface area contributed by atoms with Crippen LogP contribution in [0.4, 0.5) is 21.6 Å². The number of nitrogen functional groups attached to an aromatic ring is 1. The molecule has 0 unspecified atom stereocenters. The molecule has 2 aliphatic heterocycles. The van der Waals surface area contributed by atoms with E-state index in [-0.39, 0.29) is 24.4 Å². The average molecular weight is 524 g/mol. The van der Waals surface area contributed by atoms with Gasteiger partial charge in [0.25, 0.3) is 17.7 Å². The number of morpholine rings is 2. The number of pyridine rings is 1. The van der Waals surface area contributed by atoms with Crippen molar-refractivity contribution in [1.29, 1.82) is 0 Å². The quantitative estimate of drug-likeness (QED) is 0.452. The molecular formula is C26H26FN5O6. The number of nitrogens with two attached hydrogens (primary N) is 1. The zero-order valence-electron chi connectivity index (χ0n) is 20.3. The SMILES string of the molecule is Nc1nccc2cc(NC(=O)[C@H](O)[C@H]3OCCN(c4ccc(F)c(C(=O)N5CCOCC5)c4)C3=O)ccc12. The lowest BCUT2D eigenvalue weighted by molar-refractivity contribution is -0.150. The molecule has 5 rings (SSSR count). The molecule has 2 aromatic carbocycles. The zero-order valence-corrected chi connectivity index (χ0v) is 20.3. The van der Waals surface area contributed by atoms with Gasteiger partial charge in [0.15, 0.2) is 12.2 Å². The monoisotopic (exact) mass is 523 g/mol. The molecular weight excluding hydrogens is 497 g/mol. The number of aliphatic hydroxyl groups is 1. The number of hydrogen-bond acceptors (Lipinski definition) is 8. The Morgan fingerprint density at radius 1 is 1.11 bits per heavy atom. The van der Waals surface area contributed by atoms with Crippen LogP contribution in [0.15, 0.2) is 48.7 Å². The first-order chi connectivity index (χ1) is 18.3. The summed E-state index contributed by atoms with van der Waals surface area (Å²) in [6.45, 7) is 1.52. The molecule has 2 saturated heterocycles. The Labute approximate surface area is 216 Å². The van der Waals surface area contributed by atoms with Crippen LogP contribution in [-0.4, -0.2) is 84.4 Å². The van der Waals surface area contributed by atoms with Gasteiger partial charge in [0.2, 0.25) is 0 Å². The van der Waals surface area contributed by atoms with Crippen LogP contribution in [0.3, 0.4) is 0 Å². The van der Waals surface area contributed by atoms with Gasteiger partial charge in [-0.25, -0.2) is 9.37 Å². The van der Waals surface area contributed by atoms with E-state index in [0.29, 0.717) is 43.2 Å². The number of hydrogen-bond donors (Lipinski definition) is 3. The summed E-state index contributed by atoms with van der Waals surface area (Å²) in [6.07, 6.45) is -1.78. The fourth-order valence-corrected chi connectivity index (χ4v) is 4.50. The number of carbonyl (C=O) groups excluding carboxylic acids is 3. The van der Waals surface area contributed by atoms with Gasteiger partial charge < -0.3 is 35.4 Å². The first-order valence-electron chi connectivity index (χ1n) is 12.1. The lowest BCUT2D eigenvalue weighted by Gasteiger charge is -2.34. The van der Waals surface area contributed by atoms with Crippen LogP contribution < -0.4 is 16.0 Å². The molecule has 38 heavy (non-hydrogen) atoms. The Bertz CT molecular complexity index is 1400. The smallest absolute Gasteiger partial charge is 0.259 e. The molecule has 3 heterocycles. The summed E-state index contributed by atoms with van der Waals surface area (Å²) in [7, 11) is 0. The summed E-state index contributed by atoms with van der Waals surface area (Å²) < 4.78 is 25.3. The number of aliphatic hydroxyl groups excluding tert-OH is 1. The second-order valence-corrected chi connectivity index (χ2v) is 8.92. The number of nitrogens with zero attached hydrogens (tertiary/aromatic N) is 3. The summed E-state index contributed by atoms with van der Waals surface area (Å²) in [5.74, 6) is -2.40. The molecule has 2 aliphatic rings. The summed E-state index contributed by atoms with van der Waals surface area (Å²) in [5, 5.41) is 14.7. The van der Waals surface area contributed by atoms with E-state index >= 15 is 0 Å². The van der Waals surface area contributed by atoms with E-state index < -0.39 is 35.7 Å². The Balaban J connectivity index is 1.31. The van der Waals surface area contributed by atoms with Crippen LogP contribution in [0, 0.1) is 5.82 Å². The number of nitrogens with one attached hydrogen (secondary N) is 1. The number of benzene rings is 2. The number of ether oxygens (including phenoxy) is 2. The maximum Gasteiger partial charge on any atom is 0.259 e. The van der Waals surface area contributed by atoms with Gasteiger partial charge in [-0.15, -0.1) is 0 Å². The third-order valence-corrected chi connectivity index (χ3v) is 6.53. The number of rotatable bonds is 5. The molecule has 2 fully saturated rings. The second-order valence-electron chi connectivity index (χ2n) is 8.92. The molecule has 1 aromatic heterocycles.